The van der Waals surface area contributed by atoms with Crippen molar-refractivity contribution in [3.63, 3.8) is 0 Å². The Hall–Kier alpha value is 0.0900. The van der Waals surface area contributed by atoms with Crippen LogP contribution in [0.5, 0.6) is 0 Å². The average Bonchev–Trinajstić information content (AvgIpc) is 1.83. The van der Waals surface area contributed by atoms with Crippen LogP contribution >= 0.6 is 11.8 Å². The molecule has 0 rings (SSSR count). The summed E-state index contributed by atoms with van der Waals surface area (Å²) in [4.78, 5) is 1.51. The monoisotopic (exact) mass is 130 g/mol. The first-order chi connectivity index (χ1) is 3.85. The second-order valence-corrected chi connectivity index (χ2v) is 2.57. The summed E-state index contributed by atoms with van der Waals surface area (Å²) >= 11 is 1.86. The Balaban J connectivity index is 3.49. The highest BCUT2D eigenvalue weighted by molar-refractivity contribution is 8.02. The number of thioether (sulfide) groups is 1. The zero-order chi connectivity index (χ0) is 6.41. The lowest BCUT2D eigenvalue weighted by molar-refractivity contribution is 1.14. The van der Waals surface area contributed by atoms with Crippen molar-refractivity contribution in [3.05, 3.63) is 11.0 Å². The van der Waals surface area contributed by atoms with Crippen molar-refractivity contribution in [2.75, 3.05) is 6.26 Å². The Morgan fingerprint density at radius 1 is 1.50 bits per heavy atom. The van der Waals surface area contributed by atoms with Crippen molar-refractivity contribution < 1.29 is 0 Å². The van der Waals surface area contributed by atoms with E-state index in [-0.39, 0.29) is 0 Å². The van der Waals surface area contributed by atoms with E-state index in [2.05, 4.69) is 26.2 Å². The highest BCUT2D eigenvalue weighted by Gasteiger charge is 1.85. The van der Waals surface area contributed by atoms with Gasteiger partial charge < -0.3 is 0 Å². The summed E-state index contributed by atoms with van der Waals surface area (Å²) in [5, 5.41) is 0. The molecule has 0 bridgehead atoms. The van der Waals surface area contributed by atoms with Crippen LogP contribution in [-0.2, 0) is 0 Å². The first kappa shape index (κ1) is 8.09. The van der Waals surface area contributed by atoms with Gasteiger partial charge in [-0.25, -0.2) is 0 Å². The molecule has 0 nitrogen and oxygen atoms in total. The third-order valence-corrected chi connectivity index (χ3v) is 2.02. The highest BCUT2D eigenvalue weighted by atomic mass is 32.2. The molecule has 0 aromatic heterocycles. The van der Waals surface area contributed by atoms with Crippen molar-refractivity contribution in [1.82, 2.24) is 0 Å². The zero-order valence-electron chi connectivity index (χ0n) is 5.90. The van der Waals surface area contributed by atoms with Crippen molar-refractivity contribution >= 4 is 11.8 Å². The Kier molecular flexibility index (Phi) is 5.29. The van der Waals surface area contributed by atoms with Crippen LogP contribution in [-0.4, -0.2) is 6.26 Å². The molecular formula is C7H14S. The summed E-state index contributed by atoms with van der Waals surface area (Å²) in [5.74, 6) is 0. The molecule has 0 aromatic rings. The van der Waals surface area contributed by atoms with Crippen LogP contribution in [0.3, 0.4) is 0 Å². The highest BCUT2D eigenvalue weighted by Crippen LogP contribution is 2.14. The second kappa shape index (κ2) is 5.23. The van der Waals surface area contributed by atoms with E-state index in [1.54, 1.807) is 0 Å². The minimum absolute atomic E-state index is 1.17. The third-order valence-electron chi connectivity index (χ3n) is 1.04. The minimum Gasteiger partial charge on any atom is -0.134 e. The topological polar surface area (TPSA) is 0 Å². The minimum atomic E-state index is 1.17. The van der Waals surface area contributed by atoms with Crippen LogP contribution in [0.2, 0.25) is 0 Å². The zero-order valence-corrected chi connectivity index (χ0v) is 6.72. The van der Waals surface area contributed by atoms with Crippen LogP contribution in [0.25, 0.3) is 0 Å². The van der Waals surface area contributed by atoms with E-state index in [4.69, 9.17) is 0 Å². The van der Waals surface area contributed by atoms with Gasteiger partial charge in [0, 0.05) is 0 Å². The smallest absolute Gasteiger partial charge is 0.0140 e. The molecule has 0 radical (unpaired) electrons. The average molecular weight is 130 g/mol. The summed E-state index contributed by atoms with van der Waals surface area (Å²) in [6, 6.07) is 0. The van der Waals surface area contributed by atoms with E-state index in [1.807, 2.05) is 11.8 Å². The van der Waals surface area contributed by atoms with Crippen molar-refractivity contribution in [2.24, 2.45) is 0 Å². The van der Waals surface area contributed by atoms with Crippen LogP contribution in [0, 0.1) is 0 Å². The lowest BCUT2D eigenvalue weighted by Gasteiger charge is -1.95. The molecular weight excluding hydrogens is 116 g/mol. The molecule has 0 atom stereocenters. The first-order valence-corrected chi connectivity index (χ1v) is 4.30. The van der Waals surface area contributed by atoms with Gasteiger partial charge >= 0.3 is 0 Å². The standard InChI is InChI=1S/C7H14S/c1-4-6-7(5-2)8-3/h6H,4-5H2,1-3H3. The summed E-state index contributed by atoms with van der Waals surface area (Å²) in [6.07, 6.45) is 6.77. The van der Waals surface area contributed by atoms with E-state index in [9.17, 15) is 0 Å². The molecule has 0 N–H and O–H groups in total. The molecule has 0 fully saturated rings. The first-order valence-electron chi connectivity index (χ1n) is 3.08. The Morgan fingerprint density at radius 3 is 2.25 bits per heavy atom. The number of allylic oxidation sites excluding steroid dienone is 2. The van der Waals surface area contributed by atoms with Crippen molar-refractivity contribution in [3.8, 4) is 0 Å². The van der Waals surface area contributed by atoms with E-state index in [0.717, 1.165) is 0 Å². The van der Waals surface area contributed by atoms with Gasteiger partial charge in [-0.1, -0.05) is 19.9 Å². The van der Waals surface area contributed by atoms with Gasteiger partial charge in [-0.15, -0.1) is 11.8 Å². The SMILES string of the molecule is CCC=C(CC)SC. The van der Waals surface area contributed by atoms with Crippen LogP contribution in [0.1, 0.15) is 26.7 Å². The molecule has 0 aliphatic heterocycles. The number of hydrogen-bond acceptors (Lipinski definition) is 1. The van der Waals surface area contributed by atoms with E-state index >= 15 is 0 Å². The molecule has 1 heteroatoms. The largest absolute Gasteiger partial charge is 0.134 e. The Bertz CT molecular complexity index is 68.5. The molecule has 0 heterocycles. The van der Waals surface area contributed by atoms with Gasteiger partial charge in [0.1, 0.15) is 0 Å². The lowest BCUT2D eigenvalue weighted by Crippen LogP contribution is -1.69. The Morgan fingerprint density at radius 2 is 2.12 bits per heavy atom. The fourth-order valence-electron chi connectivity index (χ4n) is 0.600. The molecule has 0 unspecified atom stereocenters. The summed E-state index contributed by atoms with van der Waals surface area (Å²) in [6.45, 7) is 4.36. The summed E-state index contributed by atoms with van der Waals surface area (Å²) in [5.41, 5.74) is 0. The quantitative estimate of drug-likeness (QED) is 0.566. The fraction of sp³-hybridized carbons (Fsp3) is 0.714. The maximum Gasteiger partial charge on any atom is -0.0140 e. The van der Waals surface area contributed by atoms with Crippen LogP contribution in [0.15, 0.2) is 11.0 Å². The van der Waals surface area contributed by atoms with Gasteiger partial charge in [0.05, 0.1) is 0 Å². The van der Waals surface area contributed by atoms with Crippen LogP contribution in [0.4, 0.5) is 0 Å². The van der Waals surface area contributed by atoms with Gasteiger partial charge in [0.15, 0.2) is 0 Å². The van der Waals surface area contributed by atoms with Crippen molar-refractivity contribution in [2.45, 2.75) is 26.7 Å². The van der Waals surface area contributed by atoms with E-state index < -0.39 is 0 Å². The molecule has 8 heavy (non-hydrogen) atoms. The van der Waals surface area contributed by atoms with Gasteiger partial charge in [-0.05, 0) is 24.0 Å². The summed E-state index contributed by atoms with van der Waals surface area (Å²) in [7, 11) is 0. The molecule has 0 amide bonds. The maximum atomic E-state index is 2.28. The summed E-state index contributed by atoms with van der Waals surface area (Å²) < 4.78 is 0. The van der Waals surface area contributed by atoms with Crippen LogP contribution < -0.4 is 0 Å². The molecule has 0 aliphatic rings. The molecule has 0 saturated carbocycles. The molecule has 0 spiro atoms. The van der Waals surface area contributed by atoms with E-state index in [1.165, 1.54) is 17.7 Å². The van der Waals surface area contributed by atoms with Gasteiger partial charge in [-0.2, -0.15) is 0 Å². The molecule has 0 aliphatic carbocycles. The number of rotatable bonds is 3. The predicted molar refractivity (Wildman–Crippen MR) is 42.2 cm³/mol. The fourth-order valence-corrected chi connectivity index (χ4v) is 1.22. The normalized spacial score (nSPS) is 12.1. The number of hydrogen-bond donors (Lipinski definition) is 0. The molecule has 0 aromatic carbocycles. The maximum absolute atomic E-state index is 2.28. The van der Waals surface area contributed by atoms with E-state index in [0.29, 0.717) is 0 Å². The second-order valence-electron chi connectivity index (χ2n) is 1.64. The van der Waals surface area contributed by atoms with Gasteiger partial charge in [0.25, 0.3) is 0 Å². The van der Waals surface area contributed by atoms with Gasteiger partial charge in [-0.3, -0.25) is 0 Å². The predicted octanol–water partition coefficient (Wildman–Crippen LogP) is 3.05. The van der Waals surface area contributed by atoms with Gasteiger partial charge in [0.2, 0.25) is 0 Å². The molecule has 48 valence electrons. The Labute approximate surface area is 56.4 Å². The molecule has 0 saturated heterocycles. The van der Waals surface area contributed by atoms with Crippen molar-refractivity contribution in [1.29, 1.82) is 0 Å². The lowest BCUT2D eigenvalue weighted by atomic mass is 10.3. The third kappa shape index (κ3) is 3.14.